The number of hydrogen-bond donors (Lipinski definition) is 4. The molecule has 0 bridgehead atoms. The fraction of sp³-hybridized carbons (Fsp3) is 0.296. The quantitative estimate of drug-likeness (QED) is 0.196. The predicted molar refractivity (Wildman–Crippen MR) is 136 cm³/mol. The Hall–Kier alpha value is -4.07. The fourth-order valence-electron chi connectivity index (χ4n) is 3.47. The maximum absolute atomic E-state index is 11.5. The second-order valence-corrected chi connectivity index (χ2v) is 7.81. The Morgan fingerprint density at radius 2 is 1.37 bits per heavy atom. The Morgan fingerprint density at radius 3 is 1.94 bits per heavy atom. The van der Waals surface area contributed by atoms with Crippen molar-refractivity contribution < 1.29 is 29.2 Å². The number of methoxy groups -OCH3 is 1. The molecule has 0 aromatic heterocycles. The maximum atomic E-state index is 11.5. The Morgan fingerprint density at radius 1 is 0.800 bits per heavy atom. The van der Waals surface area contributed by atoms with Crippen LogP contribution in [0.15, 0.2) is 66.7 Å². The van der Waals surface area contributed by atoms with Crippen LogP contribution < -0.4 is 20.1 Å². The van der Waals surface area contributed by atoms with E-state index in [4.69, 9.17) is 14.2 Å². The molecule has 0 amide bonds. The van der Waals surface area contributed by atoms with Crippen molar-refractivity contribution in [2.24, 2.45) is 0 Å². The second-order valence-electron chi connectivity index (χ2n) is 7.81. The maximum Gasteiger partial charge on any atom is 0.305 e. The van der Waals surface area contributed by atoms with Gasteiger partial charge in [-0.1, -0.05) is 12.1 Å². The molecule has 0 aliphatic carbocycles. The Kier molecular flexibility index (Phi) is 9.92. The molecular weight excluding hydrogens is 448 g/mol. The summed E-state index contributed by atoms with van der Waals surface area (Å²) in [4.78, 5) is 11.5. The van der Waals surface area contributed by atoms with Crippen LogP contribution in [0.2, 0.25) is 0 Å². The minimum absolute atomic E-state index is 0.196. The van der Waals surface area contributed by atoms with Gasteiger partial charge >= 0.3 is 5.97 Å². The van der Waals surface area contributed by atoms with Crippen molar-refractivity contribution in [3.05, 3.63) is 72.3 Å². The lowest BCUT2D eigenvalue weighted by Gasteiger charge is -2.18. The smallest absolute Gasteiger partial charge is 0.305 e. The Bertz CT molecular complexity index is 1050. The molecule has 35 heavy (non-hydrogen) atoms. The second kappa shape index (κ2) is 13.6. The molecule has 0 saturated carbocycles. The Labute approximate surface area is 205 Å². The van der Waals surface area contributed by atoms with Crippen LogP contribution in [0.1, 0.15) is 18.4 Å². The molecule has 4 N–H and O–H groups in total. The summed E-state index contributed by atoms with van der Waals surface area (Å²) < 4.78 is 16.2. The van der Waals surface area contributed by atoms with Gasteiger partial charge in [-0.2, -0.15) is 0 Å². The van der Waals surface area contributed by atoms with Gasteiger partial charge in [-0.25, -0.2) is 0 Å². The number of carbonyl (C=O) groups excluding carboxylic acids is 1. The van der Waals surface area contributed by atoms with Crippen LogP contribution in [0.4, 0.5) is 11.4 Å². The normalized spacial score (nSPS) is 10.4. The minimum Gasteiger partial charge on any atom is -0.508 e. The number of aryl methyl sites for hydroxylation is 1. The molecule has 0 aliphatic heterocycles. The van der Waals surface area contributed by atoms with Crippen LogP contribution in [-0.4, -0.2) is 49.6 Å². The van der Waals surface area contributed by atoms with Crippen molar-refractivity contribution >= 4 is 17.3 Å². The molecule has 0 saturated heterocycles. The largest absolute Gasteiger partial charge is 0.508 e. The lowest BCUT2D eigenvalue weighted by molar-refractivity contribution is -0.140. The predicted octanol–water partition coefficient (Wildman–Crippen LogP) is 4.58. The number of benzene rings is 3. The third kappa shape index (κ3) is 8.66. The lowest BCUT2D eigenvalue weighted by Crippen LogP contribution is -2.16. The number of rotatable bonds is 14. The van der Waals surface area contributed by atoms with Crippen molar-refractivity contribution in [2.45, 2.75) is 19.3 Å². The highest BCUT2D eigenvalue weighted by molar-refractivity contribution is 5.73. The van der Waals surface area contributed by atoms with Crippen molar-refractivity contribution in [1.82, 2.24) is 0 Å². The molecule has 0 atom stereocenters. The fourth-order valence-corrected chi connectivity index (χ4v) is 3.47. The van der Waals surface area contributed by atoms with Crippen molar-refractivity contribution in [3.63, 3.8) is 0 Å². The van der Waals surface area contributed by atoms with Gasteiger partial charge in [-0.15, -0.1) is 0 Å². The molecule has 3 aromatic rings. The van der Waals surface area contributed by atoms with Crippen LogP contribution in [0.5, 0.6) is 23.0 Å². The van der Waals surface area contributed by atoms with Gasteiger partial charge in [0.1, 0.15) is 36.2 Å². The van der Waals surface area contributed by atoms with Gasteiger partial charge in [0.25, 0.3) is 0 Å². The van der Waals surface area contributed by atoms with E-state index in [9.17, 15) is 15.0 Å². The number of carbonyl (C=O) groups is 1. The summed E-state index contributed by atoms with van der Waals surface area (Å²) in [6.07, 6.45) is 1.76. The zero-order chi connectivity index (χ0) is 24.9. The van der Waals surface area contributed by atoms with Gasteiger partial charge in [-0.05, 0) is 73.0 Å². The van der Waals surface area contributed by atoms with Gasteiger partial charge in [0.2, 0.25) is 0 Å². The number of anilines is 2. The van der Waals surface area contributed by atoms with E-state index in [1.165, 1.54) is 7.11 Å². The average Bonchev–Trinajstić information content (AvgIpc) is 2.87. The summed E-state index contributed by atoms with van der Waals surface area (Å²) in [5.74, 6) is 1.54. The van der Waals surface area contributed by atoms with Gasteiger partial charge < -0.3 is 35.1 Å². The van der Waals surface area contributed by atoms with Gasteiger partial charge in [-0.3, -0.25) is 4.79 Å². The summed E-state index contributed by atoms with van der Waals surface area (Å²) in [5.41, 5.74) is 2.97. The molecular formula is C27H32N2O6. The first-order valence-corrected chi connectivity index (χ1v) is 11.6. The molecule has 8 heteroatoms. The topological polar surface area (TPSA) is 109 Å². The van der Waals surface area contributed by atoms with E-state index in [2.05, 4.69) is 10.6 Å². The third-order valence-electron chi connectivity index (χ3n) is 5.24. The number of para-hydroxylation sites is 1. The molecule has 0 radical (unpaired) electrons. The number of esters is 1. The van der Waals surface area contributed by atoms with Gasteiger partial charge in [0.15, 0.2) is 0 Å². The number of hydrogen-bond acceptors (Lipinski definition) is 8. The standard InChI is InChI=1S/C27H32N2O6/c1-33-26(32)7-3-5-20-4-2-6-25(28-16-18-34-23-12-8-21(30)9-13-23)27(20)29-17-19-35-24-14-10-22(31)11-15-24/h2,4,6,8-15,28-31H,3,5,7,16-19H2,1H3. The molecule has 8 nitrogen and oxygen atoms in total. The molecule has 0 unspecified atom stereocenters. The molecule has 0 spiro atoms. The average molecular weight is 481 g/mol. The van der Waals surface area contributed by atoms with E-state index < -0.39 is 0 Å². The van der Waals surface area contributed by atoms with Crippen molar-refractivity contribution in [3.8, 4) is 23.0 Å². The first-order valence-electron chi connectivity index (χ1n) is 11.6. The van der Waals surface area contributed by atoms with Crippen LogP contribution in [0.3, 0.4) is 0 Å². The van der Waals surface area contributed by atoms with Crippen LogP contribution in [0, 0.1) is 0 Å². The monoisotopic (exact) mass is 480 g/mol. The number of nitrogens with one attached hydrogen (secondary N) is 2. The van der Waals surface area contributed by atoms with Crippen molar-refractivity contribution in [2.75, 3.05) is 44.0 Å². The number of phenolic OH excluding ortho intramolecular Hbond substituents is 2. The van der Waals surface area contributed by atoms with E-state index in [1.807, 2.05) is 18.2 Å². The van der Waals surface area contributed by atoms with E-state index in [1.54, 1.807) is 48.5 Å². The lowest BCUT2D eigenvalue weighted by atomic mass is 10.0. The molecule has 0 fully saturated rings. The van der Waals surface area contributed by atoms with Crippen LogP contribution >= 0.6 is 0 Å². The summed E-state index contributed by atoms with van der Waals surface area (Å²) in [7, 11) is 1.40. The Balaban J connectivity index is 1.58. The summed E-state index contributed by atoms with van der Waals surface area (Å²) >= 11 is 0. The number of phenols is 2. The minimum atomic E-state index is -0.220. The highest BCUT2D eigenvalue weighted by Crippen LogP contribution is 2.28. The first-order chi connectivity index (χ1) is 17.0. The SMILES string of the molecule is COC(=O)CCCc1cccc(NCCOc2ccc(O)cc2)c1NCCOc1ccc(O)cc1. The van der Waals surface area contributed by atoms with E-state index >= 15 is 0 Å². The highest BCUT2D eigenvalue weighted by Gasteiger charge is 2.10. The highest BCUT2D eigenvalue weighted by atomic mass is 16.5. The molecule has 3 rings (SSSR count). The third-order valence-corrected chi connectivity index (χ3v) is 5.24. The summed E-state index contributed by atoms with van der Waals surface area (Å²) in [6.45, 7) is 2.02. The van der Waals surface area contributed by atoms with Crippen LogP contribution in [-0.2, 0) is 16.0 Å². The van der Waals surface area contributed by atoms with E-state index in [0.717, 1.165) is 23.4 Å². The zero-order valence-corrected chi connectivity index (χ0v) is 19.8. The van der Waals surface area contributed by atoms with E-state index in [0.29, 0.717) is 50.6 Å². The zero-order valence-electron chi connectivity index (χ0n) is 19.8. The number of ether oxygens (including phenoxy) is 3. The molecule has 0 aliphatic rings. The summed E-state index contributed by atoms with van der Waals surface area (Å²) in [5, 5.41) is 25.7. The van der Waals surface area contributed by atoms with E-state index in [-0.39, 0.29) is 17.5 Å². The molecule has 186 valence electrons. The molecule has 0 heterocycles. The van der Waals surface area contributed by atoms with Crippen molar-refractivity contribution in [1.29, 1.82) is 0 Å². The van der Waals surface area contributed by atoms with Gasteiger partial charge in [0.05, 0.1) is 18.5 Å². The number of aromatic hydroxyl groups is 2. The molecule has 3 aromatic carbocycles. The van der Waals surface area contributed by atoms with Gasteiger partial charge in [0, 0.05) is 19.5 Å². The summed E-state index contributed by atoms with van der Waals surface area (Å²) in [6, 6.07) is 19.2. The van der Waals surface area contributed by atoms with Crippen LogP contribution in [0.25, 0.3) is 0 Å². The first kappa shape index (κ1) is 25.6.